The van der Waals surface area contributed by atoms with Gasteiger partial charge in [0.2, 0.25) is 12.7 Å². The number of nitrogens with zero attached hydrogens (tertiary/aromatic N) is 2. The minimum Gasteiger partial charge on any atom is -0.495 e. The summed E-state index contributed by atoms with van der Waals surface area (Å²) in [5.74, 6) is 0.744. The standard InChI is InChI=1S/C20H14ClN3O6S/c1-28-16-4-2-11(6-13(16)21)14-9-31-20(22-14)23-19(25)5-3-12-7-17-18(30-10-29-17)8-15(12)24(26)27/h2-9H,10H2,1H3,(H,22,23,25)/b5-3+. The molecule has 1 aliphatic rings. The number of nitro groups is 1. The van der Waals surface area contributed by atoms with E-state index < -0.39 is 10.8 Å². The number of halogens is 1. The number of amides is 1. The fourth-order valence-corrected chi connectivity index (χ4v) is 3.82. The Labute approximate surface area is 185 Å². The summed E-state index contributed by atoms with van der Waals surface area (Å²) in [4.78, 5) is 27.4. The fourth-order valence-electron chi connectivity index (χ4n) is 2.84. The molecule has 1 N–H and O–H groups in total. The van der Waals surface area contributed by atoms with Crippen molar-refractivity contribution in [2.45, 2.75) is 0 Å². The van der Waals surface area contributed by atoms with Crippen molar-refractivity contribution in [2.75, 3.05) is 19.2 Å². The molecule has 0 spiro atoms. The van der Waals surface area contributed by atoms with E-state index >= 15 is 0 Å². The number of hydrogen-bond acceptors (Lipinski definition) is 8. The van der Waals surface area contributed by atoms with Crippen LogP contribution in [0.25, 0.3) is 17.3 Å². The Bertz CT molecular complexity index is 1210. The van der Waals surface area contributed by atoms with Crippen LogP contribution >= 0.6 is 22.9 Å². The van der Waals surface area contributed by atoms with Crippen LogP contribution in [0.5, 0.6) is 17.2 Å². The Morgan fingerprint density at radius 3 is 2.81 bits per heavy atom. The van der Waals surface area contributed by atoms with Crippen molar-refractivity contribution in [3.05, 3.63) is 62.5 Å². The largest absolute Gasteiger partial charge is 0.495 e. The minimum absolute atomic E-state index is 0.00801. The predicted octanol–water partition coefficient (Wildman–Crippen LogP) is 4.76. The quantitative estimate of drug-likeness (QED) is 0.321. The molecule has 0 fully saturated rings. The van der Waals surface area contributed by atoms with Gasteiger partial charge < -0.3 is 14.2 Å². The SMILES string of the molecule is COc1ccc(-c2csc(NC(=O)/C=C/c3cc4c(cc3[N+](=O)[O-])OCO4)n2)cc1Cl. The molecular formula is C20H14ClN3O6S. The summed E-state index contributed by atoms with van der Waals surface area (Å²) in [6.45, 7) is -0.00801. The van der Waals surface area contributed by atoms with Crippen LogP contribution in [-0.4, -0.2) is 29.7 Å². The number of methoxy groups -OCH3 is 1. The van der Waals surface area contributed by atoms with Crippen molar-refractivity contribution in [1.82, 2.24) is 4.98 Å². The van der Waals surface area contributed by atoms with Gasteiger partial charge in [0.05, 0.1) is 34.4 Å². The number of ether oxygens (including phenoxy) is 3. The van der Waals surface area contributed by atoms with Gasteiger partial charge in [0.1, 0.15) is 5.75 Å². The van der Waals surface area contributed by atoms with E-state index in [1.807, 2.05) is 6.07 Å². The van der Waals surface area contributed by atoms with Crippen LogP contribution in [0.4, 0.5) is 10.8 Å². The Kier molecular flexibility index (Phi) is 5.74. The molecule has 3 aromatic rings. The van der Waals surface area contributed by atoms with E-state index in [1.165, 1.54) is 42.7 Å². The van der Waals surface area contributed by atoms with Gasteiger partial charge in [-0.25, -0.2) is 4.98 Å². The van der Waals surface area contributed by atoms with Crippen LogP contribution in [0, 0.1) is 10.1 Å². The molecular weight excluding hydrogens is 446 g/mol. The lowest BCUT2D eigenvalue weighted by Crippen LogP contribution is -2.07. The van der Waals surface area contributed by atoms with Gasteiger partial charge in [-0.15, -0.1) is 11.3 Å². The Morgan fingerprint density at radius 2 is 2.10 bits per heavy atom. The summed E-state index contributed by atoms with van der Waals surface area (Å²) >= 11 is 7.39. The number of thiazole rings is 1. The predicted molar refractivity (Wildman–Crippen MR) is 116 cm³/mol. The molecule has 11 heteroatoms. The van der Waals surface area contributed by atoms with Gasteiger partial charge in [0, 0.05) is 17.0 Å². The number of fused-ring (bicyclic) bond motifs is 1. The zero-order chi connectivity index (χ0) is 22.0. The van der Waals surface area contributed by atoms with Crippen LogP contribution in [0.3, 0.4) is 0 Å². The van der Waals surface area contributed by atoms with Gasteiger partial charge in [-0.1, -0.05) is 11.6 Å². The van der Waals surface area contributed by atoms with Crippen LogP contribution < -0.4 is 19.5 Å². The van der Waals surface area contributed by atoms with E-state index in [1.54, 1.807) is 17.5 Å². The van der Waals surface area contributed by atoms with E-state index in [2.05, 4.69) is 10.3 Å². The zero-order valence-electron chi connectivity index (χ0n) is 16.0. The lowest BCUT2D eigenvalue weighted by atomic mass is 10.1. The van der Waals surface area contributed by atoms with Crippen molar-refractivity contribution in [1.29, 1.82) is 0 Å². The number of benzene rings is 2. The van der Waals surface area contributed by atoms with Gasteiger partial charge in [0.15, 0.2) is 16.6 Å². The zero-order valence-corrected chi connectivity index (χ0v) is 17.5. The number of carbonyl (C=O) groups is 1. The van der Waals surface area contributed by atoms with E-state index in [0.29, 0.717) is 33.1 Å². The molecule has 2 aromatic carbocycles. The monoisotopic (exact) mass is 459 g/mol. The van der Waals surface area contributed by atoms with E-state index in [-0.39, 0.29) is 18.0 Å². The maximum absolute atomic E-state index is 12.3. The number of nitrogens with one attached hydrogen (secondary N) is 1. The van der Waals surface area contributed by atoms with E-state index in [9.17, 15) is 14.9 Å². The van der Waals surface area contributed by atoms with Crippen molar-refractivity contribution in [2.24, 2.45) is 0 Å². The fraction of sp³-hybridized carbons (Fsp3) is 0.100. The number of aromatic nitrogens is 1. The second kappa shape index (κ2) is 8.62. The number of nitro benzene ring substituents is 1. The molecule has 0 aliphatic carbocycles. The average molecular weight is 460 g/mol. The van der Waals surface area contributed by atoms with Crippen LogP contribution in [-0.2, 0) is 4.79 Å². The number of hydrogen-bond donors (Lipinski definition) is 1. The molecule has 1 aromatic heterocycles. The third kappa shape index (κ3) is 4.44. The molecule has 158 valence electrons. The first-order chi connectivity index (χ1) is 14.9. The second-order valence-corrected chi connectivity index (χ2v) is 7.50. The van der Waals surface area contributed by atoms with Crippen molar-refractivity contribution in [3.63, 3.8) is 0 Å². The summed E-state index contributed by atoms with van der Waals surface area (Å²) in [7, 11) is 1.53. The third-order valence-corrected chi connectivity index (χ3v) is 5.37. The molecule has 9 nitrogen and oxygen atoms in total. The highest BCUT2D eigenvalue weighted by Gasteiger charge is 2.22. The molecule has 0 atom stereocenters. The van der Waals surface area contributed by atoms with E-state index in [4.69, 9.17) is 25.8 Å². The molecule has 0 unspecified atom stereocenters. The smallest absolute Gasteiger partial charge is 0.280 e. The average Bonchev–Trinajstić information content (AvgIpc) is 3.40. The topological polar surface area (TPSA) is 113 Å². The minimum atomic E-state index is -0.549. The Hall–Kier alpha value is -3.63. The molecule has 0 radical (unpaired) electrons. The Balaban J connectivity index is 1.48. The third-order valence-electron chi connectivity index (χ3n) is 4.31. The van der Waals surface area contributed by atoms with Crippen LogP contribution in [0.15, 0.2) is 41.8 Å². The maximum atomic E-state index is 12.3. The molecule has 1 aliphatic heterocycles. The van der Waals surface area contributed by atoms with Gasteiger partial charge in [0.25, 0.3) is 5.69 Å². The maximum Gasteiger partial charge on any atom is 0.280 e. The lowest BCUT2D eigenvalue weighted by Gasteiger charge is -2.04. The van der Waals surface area contributed by atoms with Crippen molar-refractivity contribution < 1.29 is 23.9 Å². The van der Waals surface area contributed by atoms with Crippen molar-refractivity contribution in [3.8, 4) is 28.5 Å². The molecule has 2 heterocycles. The molecule has 0 bridgehead atoms. The van der Waals surface area contributed by atoms with Crippen LogP contribution in [0.2, 0.25) is 5.02 Å². The summed E-state index contributed by atoms with van der Waals surface area (Å²) < 4.78 is 15.5. The molecule has 0 saturated carbocycles. The van der Waals surface area contributed by atoms with Crippen molar-refractivity contribution >= 4 is 45.7 Å². The summed E-state index contributed by atoms with van der Waals surface area (Å²) in [5.41, 5.74) is 1.44. The van der Waals surface area contributed by atoms with Gasteiger partial charge in [-0.3, -0.25) is 20.2 Å². The molecule has 31 heavy (non-hydrogen) atoms. The van der Waals surface area contributed by atoms with E-state index in [0.717, 1.165) is 5.56 Å². The first kappa shape index (κ1) is 20.6. The van der Waals surface area contributed by atoms with Gasteiger partial charge >= 0.3 is 0 Å². The second-order valence-electron chi connectivity index (χ2n) is 6.23. The molecule has 1 amide bonds. The highest BCUT2D eigenvalue weighted by Crippen LogP contribution is 2.38. The first-order valence-electron chi connectivity index (χ1n) is 8.81. The summed E-state index contributed by atoms with van der Waals surface area (Å²) in [5, 5.41) is 16.5. The number of carbonyl (C=O) groups excluding carboxylic acids is 1. The number of anilines is 1. The lowest BCUT2D eigenvalue weighted by molar-refractivity contribution is -0.385. The van der Waals surface area contributed by atoms with Gasteiger partial charge in [-0.05, 0) is 30.3 Å². The molecule has 4 rings (SSSR count). The number of rotatable bonds is 6. The summed E-state index contributed by atoms with van der Waals surface area (Å²) in [6.07, 6.45) is 2.53. The highest BCUT2D eigenvalue weighted by molar-refractivity contribution is 7.14. The molecule has 0 saturated heterocycles. The first-order valence-corrected chi connectivity index (χ1v) is 10.1. The Morgan fingerprint density at radius 1 is 1.32 bits per heavy atom. The van der Waals surface area contributed by atoms with Gasteiger partial charge in [-0.2, -0.15) is 0 Å². The van der Waals surface area contributed by atoms with Crippen LogP contribution in [0.1, 0.15) is 5.56 Å². The normalized spacial score (nSPS) is 12.2. The highest BCUT2D eigenvalue weighted by atomic mass is 35.5. The summed E-state index contributed by atoms with van der Waals surface area (Å²) in [6, 6.07) is 7.99.